The zero-order valence-corrected chi connectivity index (χ0v) is 21.5. The van der Waals surface area contributed by atoms with E-state index in [9.17, 15) is 14.4 Å². The number of carbonyl (C=O) groups excluding carboxylic acids is 3. The maximum Gasteiger partial charge on any atom is 0.339 e. The summed E-state index contributed by atoms with van der Waals surface area (Å²) in [6.45, 7) is 9.99. The van der Waals surface area contributed by atoms with E-state index in [1.54, 1.807) is 11.0 Å². The van der Waals surface area contributed by atoms with Crippen LogP contribution in [0.15, 0.2) is 59.1 Å². The topological polar surface area (TPSA) is 102 Å². The molecule has 0 radical (unpaired) electrons. The average molecular weight is 486 g/mol. The number of ketones is 1. The van der Waals surface area contributed by atoms with Gasteiger partial charge in [0.15, 0.2) is 5.78 Å². The van der Waals surface area contributed by atoms with Gasteiger partial charge in [-0.2, -0.15) is 0 Å². The van der Waals surface area contributed by atoms with Crippen molar-refractivity contribution in [2.75, 3.05) is 17.3 Å². The van der Waals surface area contributed by atoms with Crippen LogP contribution < -0.4 is 16.0 Å². The number of carbonyl (C=O) groups is 3. The van der Waals surface area contributed by atoms with Gasteiger partial charge in [-0.3, -0.25) is 14.5 Å². The number of hydrogen-bond acceptors (Lipinski definition) is 6. The summed E-state index contributed by atoms with van der Waals surface area (Å²) in [6.07, 6.45) is 0.753. The number of nitrogens with two attached hydrogens (primary N) is 1. The molecule has 1 spiro atoms. The highest BCUT2D eigenvalue weighted by Crippen LogP contribution is 2.57. The van der Waals surface area contributed by atoms with Crippen molar-refractivity contribution in [3.05, 3.63) is 81.3 Å². The molecule has 2 aromatic carbocycles. The Morgan fingerprint density at radius 3 is 2.42 bits per heavy atom. The molecule has 7 heteroatoms. The molecule has 3 N–H and O–H groups in total. The molecule has 0 saturated heterocycles. The third-order valence-electron chi connectivity index (χ3n) is 7.68. The smallest absolute Gasteiger partial charge is 0.339 e. The Morgan fingerprint density at radius 1 is 1.03 bits per heavy atom. The number of methoxy groups -OCH3 is 1. The SMILES string of the molecule is COC(=O)C1=C(N)N(c2ccc(C)c(C)c2)C2=C(C(=O)CC(C)(C)C2)C12C(=O)Nc1ccc(C)cc12. The lowest BCUT2D eigenvalue weighted by Gasteiger charge is -2.47. The first-order valence-corrected chi connectivity index (χ1v) is 12.1. The van der Waals surface area contributed by atoms with E-state index in [1.807, 2.05) is 65.0 Å². The Bertz CT molecular complexity index is 1430. The summed E-state index contributed by atoms with van der Waals surface area (Å²) in [7, 11) is 1.26. The second-order valence-corrected chi connectivity index (χ2v) is 10.9. The minimum atomic E-state index is -1.68. The number of ether oxygens (including phenoxy) is 1. The molecule has 1 amide bonds. The summed E-state index contributed by atoms with van der Waals surface area (Å²) in [5.74, 6) is -1.28. The van der Waals surface area contributed by atoms with Gasteiger partial charge in [-0.25, -0.2) is 4.79 Å². The number of nitrogens with one attached hydrogen (secondary N) is 1. The van der Waals surface area contributed by atoms with E-state index >= 15 is 0 Å². The molecular weight excluding hydrogens is 454 g/mol. The highest BCUT2D eigenvalue weighted by Gasteiger charge is 2.63. The molecule has 1 aliphatic carbocycles. The maximum atomic E-state index is 14.0. The van der Waals surface area contributed by atoms with E-state index in [0.29, 0.717) is 28.9 Å². The van der Waals surface area contributed by atoms with E-state index in [2.05, 4.69) is 5.32 Å². The number of rotatable bonds is 2. The van der Waals surface area contributed by atoms with E-state index in [4.69, 9.17) is 10.5 Å². The lowest BCUT2D eigenvalue weighted by molar-refractivity contribution is -0.138. The normalized spacial score (nSPS) is 22.6. The second-order valence-electron chi connectivity index (χ2n) is 10.9. The van der Waals surface area contributed by atoms with Gasteiger partial charge in [0, 0.05) is 34.6 Å². The number of allylic oxidation sites excluding steroid dienone is 1. The van der Waals surface area contributed by atoms with Crippen molar-refractivity contribution in [1.29, 1.82) is 0 Å². The van der Waals surface area contributed by atoms with E-state index in [1.165, 1.54) is 7.11 Å². The molecule has 0 fully saturated rings. The van der Waals surface area contributed by atoms with Crippen LogP contribution in [-0.2, 0) is 24.5 Å². The highest BCUT2D eigenvalue weighted by atomic mass is 16.5. The molecule has 1 atom stereocenters. The van der Waals surface area contributed by atoms with Gasteiger partial charge in [0.2, 0.25) is 5.91 Å². The Hall–Kier alpha value is -3.87. The van der Waals surface area contributed by atoms with Crippen molar-refractivity contribution >= 4 is 29.0 Å². The molecule has 7 nitrogen and oxygen atoms in total. The van der Waals surface area contributed by atoms with Gasteiger partial charge in [0.25, 0.3) is 0 Å². The molecule has 0 bridgehead atoms. The van der Waals surface area contributed by atoms with Crippen molar-refractivity contribution in [2.45, 2.75) is 52.9 Å². The van der Waals surface area contributed by atoms with Crippen LogP contribution in [0.3, 0.4) is 0 Å². The first kappa shape index (κ1) is 23.9. The van der Waals surface area contributed by atoms with Crippen LogP contribution in [0.2, 0.25) is 0 Å². The van der Waals surface area contributed by atoms with Crippen LogP contribution in [0, 0.1) is 26.2 Å². The monoisotopic (exact) mass is 485 g/mol. The number of nitrogens with zero attached hydrogens (tertiary/aromatic N) is 1. The second kappa shape index (κ2) is 7.82. The zero-order valence-electron chi connectivity index (χ0n) is 21.5. The molecule has 186 valence electrons. The van der Waals surface area contributed by atoms with Crippen molar-refractivity contribution in [2.24, 2.45) is 11.1 Å². The molecular formula is C29H31N3O4. The average Bonchev–Trinajstić information content (AvgIpc) is 3.06. The molecule has 3 aliphatic rings. The van der Waals surface area contributed by atoms with Crippen LogP contribution in [0.1, 0.15) is 48.9 Å². The van der Waals surface area contributed by atoms with Gasteiger partial charge in [0.1, 0.15) is 16.8 Å². The minimum absolute atomic E-state index is 0.0307. The molecule has 2 aliphatic heterocycles. The van der Waals surface area contributed by atoms with Crippen molar-refractivity contribution in [3.8, 4) is 0 Å². The number of esters is 1. The van der Waals surface area contributed by atoms with Crippen molar-refractivity contribution < 1.29 is 19.1 Å². The lowest BCUT2D eigenvalue weighted by Crippen LogP contribution is -2.54. The van der Waals surface area contributed by atoms with Crippen LogP contribution in [0.25, 0.3) is 0 Å². The summed E-state index contributed by atoms with van der Waals surface area (Å²) in [5.41, 5.74) is 10.6. The minimum Gasteiger partial charge on any atom is -0.466 e. The number of amides is 1. The van der Waals surface area contributed by atoms with Crippen LogP contribution >= 0.6 is 0 Å². The summed E-state index contributed by atoms with van der Waals surface area (Å²) < 4.78 is 5.21. The van der Waals surface area contributed by atoms with Gasteiger partial charge in [-0.1, -0.05) is 37.6 Å². The first-order valence-electron chi connectivity index (χ1n) is 12.1. The predicted octanol–water partition coefficient (Wildman–Crippen LogP) is 4.31. The largest absolute Gasteiger partial charge is 0.466 e. The fourth-order valence-electron chi connectivity index (χ4n) is 5.91. The van der Waals surface area contributed by atoms with Gasteiger partial charge in [-0.05, 0) is 61.9 Å². The highest BCUT2D eigenvalue weighted by molar-refractivity contribution is 6.23. The maximum absolute atomic E-state index is 14.0. The van der Waals surface area contributed by atoms with E-state index in [-0.39, 0.29) is 29.0 Å². The number of aryl methyl sites for hydroxylation is 3. The number of hydrogen-bond donors (Lipinski definition) is 2. The van der Waals surface area contributed by atoms with Gasteiger partial charge < -0.3 is 15.8 Å². The quantitative estimate of drug-likeness (QED) is 0.615. The standard InChI is InChI=1S/C29H31N3O4/c1-15-7-10-20-19(11-15)29(27(35)31-20)23-21(13-28(4,5)14-22(23)33)32(25(30)24(29)26(34)36-6)18-9-8-16(2)17(3)12-18/h7-12H,13-14,30H2,1-6H3,(H,31,35). The predicted molar refractivity (Wildman–Crippen MR) is 138 cm³/mol. The van der Waals surface area contributed by atoms with E-state index < -0.39 is 17.3 Å². The van der Waals surface area contributed by atoms with Crippen molar-refractivity contribution in [3.63, 3.8) is 0 Å². The van der Waals surface area contributed by atoms with Crippen LogP contribution in [-0.4, -0.2) is 24.8 Å². The van der Waals surface area contributed by atoms with Gasteiger partial charge in [0.05, 0.1) is 7.11 Å². The van der Waals surface area contributed by atoms with Gasteiger partial charge in [-0.15, -0.1) is 0 Å². The van der Waals surface area contributed by atoms with Gasteiger partial charge >= 0.3 is 5.97 Å². The fourth-order valence-corrected chi connectivity index (χ4v) is 5.91. The number of anilines is 2. The molecule has 36 heavy (non-hydrogen) atoms. The van der Waals surface area contributed by atoms with Crippen LogP contribution in [0.4, 0.5) is 11.4 Å². The third kappa shape index (κ3) is 3.15. The number of fused-ring (bicyclic) bond motifs is 3. The summed E-state index contributed by atoms with van der Waals surface area (Å²) in [6, 6.07) is 11.4. The Labute approximate surface area is 211 Å². The molecule has 2 heterocycles. The molecule has 0 saturated carbocycles. The fraction of sp³-hybridized carbons (Fsp3) is 0.345. The van der Waals surface area contributed by atoms with Crippen LogP contribution in [0.5, 0.6) is 0 Å². The number of Topliss-reactive ketones (excluding diaryl/α,β-unsaturated/α-hetero) is 1. The Kier molecular flexibility index (Phi) is 5.18. The van der Waals surface area contributed by atoms with Crippen molar-refractivity contribution in [1.82, 2.24) is 0 Å². The third-order valence-corrected chi connectivity index (χ3v) is 7.68. The first-order chi connectivity index (χ1) is 16.9. The Morgan fingerprint density at radius 2 is 1.75 bits per heavy atom. The molecule has 2 aromatic rings. The molecule has 0 aromatic heterocycles. The zero-order chi connectivity index (χ0) is 26.2. The lowest BCUT2D eigenvalue weighted by atomic mass is 9.60. The molecule has 5 rings (SSSR count). The summed E-state index contributed by atoms with van der Waals surface area (Å²) in [4.78, 5) is 43.3. The molecule has 1 unspecified atom stereocenters. The summed E-state index contributed by atoms with van der Waals surface area (Å²) in [5, 5.41) is 2.92. The number of benzene rings is 2. The summed E-state index contributed by atoms with van der Waals surface area (Å²) >= 11 is 0. The Balaban J connectivity index is 1.94. The van der Waals surface area contributed by atoms with E-state index in [0.717, 1.165) is 22.4 Å².